The number of carboxylic acids is 1. The van der Waals surface area contributed by atoms with E-state index in [0.29, 0.717) is 6.42 Å². The maximum atomic E-state index is 10.7. The van der Waals surface area contributed by atoms with E-state index in [2.05, 4.69) is 0 Å². The summed E-state index contributed by atoms with van der Waals surface area (Å²) in [5.74, 6) is -2.33. The Morgan fingerprint density at radius 1 is 1.69 bits per heavy atom. The van der Waals surface area contributed by atoms with Crippen LogP contribution in [0.1, 0.15) is 13.3 Å². The Kier molecular flexibility index (Phi) is 2.43. The Morgan fingerprint density at radius 3 is 2.77 bits per heavy atom. The molecule has 0 amide bonds. The van der Waals surface area contributed by atoms with Gasteiger partial charge < -0.3 is 15.3 Å². The van der Waals surface area contributed by atoms with Crippen LogP contribution in [0.3, 0.4) is 0 Å². The summed E-state index contributed by atoms with van der Waals surface area (Å²) in [6.07, 6.45) is 4.07. The maximum absolute atomic E-state index is 10.7. The monoisotopic (exact) mass is 184 g/mol. The van der Waals surface area contributed by atoms with Gasteiger partial charge in [0.2, 0.25) is 0 Å². The first-order chi connectivity index (χ1) is 5.99. The zero-order valence-electron chi connectivity index (χ0n) is 7.27. The fourth-order valence-corrected chi connectivity index (χ4v) is 1.33. The number of aliphatic hydroxyl groups is 2. The molecule has 0 aromatic rings. The van der Waals surface area contributed by atoms with Gasteiger partial charge in [0.15, 0.2) is 0 Å². The molecule has 0 bridgehead atoms. The number of hydrogen-bond acceptors (Lipinski definition) is 3. The Hall–Kier alpha value is -1.29. The highest BCUT2D eigenvalue weighted by Crippen LogP contribution is 2.29. The van der Waals surface area contributed by atoms with Crippen LogP contribution >= 0.6 is 0 Å². The highest BCUT2D eigenvalue weighted by Gasteiger charge is 2.38. The SMILES string of the molecule is CCC1(O)C=CC(O)=CC1C(=O)O. The lowest BCUT2D eigenvalue weighted by molar-refractivity contribution is -0.146. The molecule has 1 rings (SSSR count). The first-order valence-electron chi connectivity index (χ1n) is 4.05. The van der Waals surface area contributed by atoms with Crippen LogP contribution in [-0.4, -0.2) is 26.9 Å². The summed E-state index contributed by atoms with van der Waals surface area (Å²) in [6, 6.07) is 0. The Morgan fingerprint density at radius 2 is 2.31 bits per heavy atom. The van der Waals surface area contributed by atoms with Gasteiger partial charge in [-0.2, -0.15) is 0 Å². The van der Waals surface area contributed by atoms with E-state index in [-0.39, 0.29) is 5.76 Å². The van der Waals surface area contributed by atoms with Crippen molar-refractivity contribution in [3.63, 3.8) is 0 Å². The molecular formula is C9H12O4. The molecule has 0 saturated heterocycles. The number of allylic oxidation sites excluding steroid dienone is 1. The predicted molar refractivity (Wildman–Crippen MR) is 46.2 cm³/mol. The summed E-state index contributed by atoms with van der Waals surface area (Å²) in [5, 5.41) is 27.6. The fraction of sp³-hybridized carbons (Fsp3) is 0.444. The first kappa shape index (κ1) is 9.80. The highest BCUT2D eigenvalue weighted by molar-refractivity contribution is 5.75. The summed E-state index contributed by atoms with van der Waals surface area (Å²) in [7, 11) is 0. The van der Waals surface area contributed by atoms with Gasteiger partial charge in [-0.05, 0) is 24.6 Å². The van der Waals surface area contributed by atoms with E-state index in [0.717, 1.165) is 6.08 Å². The second kappa shape index (κ2) is 3.22. The molecule has 1 aliphatic rings. The molecule has 0 fully saturated rings. The Balaban J connectivity index is 3.01. The van der Waals surface area contributed by atoms with E-state index in [1.165, 1.54) is 12.2 Å². The van der Waals surface area contributed by atoms with E-state index >= 15 is 0 Å². The van der Waals surface area contributed by atoms with Gasteiger partial charge in [-0.3, -0.25) is 4.79 Å². The molecule has 3 N–H and O–H groups in total. The molecular weight excluding hydrogens is 172 g/mol. The molecule has 0 heterocycles. The number of aliphatic carboxylic acids is 1. The summed E-state index contributed by atoms with van der Waals surface area (Å²) in [6.45, 7) is 1.69. The van der Waals surface area contributed by atoms with Crippen LogP contribution in [0, 0.1) is 5.92 Å². The Bertz CT molecular complexity index is 279. The molecule has 0 spiro atoms. The third-order valence-electron chi connectivity index (χ3n) is 2.25. The van der Waals surface area contributed by atoms with Crippen LogP contribution in [0.4, 0.5) is 0 Å². The van der Waals surface area contributed by atoms with Crippen molar-refractivity contribution in [2.45, 2.75) is 18.9 Å². The highest BCUT2D eigenvalue weighted by atomic mass is 16.4. The van der Waals surface area contributed by atoms with E-state index < -0.39 is 17.5 Å². The Labute approximate surface area is 75.8 Å². The summed E-state index contributed by atoms with van der Waals surface area (Å²) in [5.41, 5.74) is -1.38. The molecule has 0 aromatic heterocycles. The minimum Gasteiger partial charge on any atom is -0.508 e. The van der Waals surface area contributed by atoms with E-state index in [1.54, 1.807) is 6.92 Å². The van der Waals surface area contributed by atoms with E-state index in [9.17, 15) is 9.90 Å². The average Bonchev–Trinajstić information content (AvgIpc) is 2.09. The van der Waals surface area contributed by atoms with Crippen LogP contribution in [0.15, 0.2) is 24.0 Å². The van der Waals surface area contributed by atoms with Crippen LogP contribution in [-0.2, 0) is 4.79 Å². The molecule has 13 heavy (non-hydrogen) atoms. The van der Waals surface area contributed by atoms with Gasteiger partial charge in [0, 0.05) is 0 Å². The third-order valence-corrected chi connectivity index (χ3v) is 2.25. The van der Waals surface area contributed by atoms with Gasteiger partial charge in [0.1, 0.15) is 11.7 Å². The molecule has 0 saturated carbocycles. The molecule has 4 nitrogen and oxygen atoms in total. The maximum Gasteiger partial charge on any atom is 0.313 e. The molecule has 72 valence electrons. The molecule has 1 aliphatic carbocycles. The van der Waals surface area contributed by atoms with Crippen molar-refractivity contribution in [2.75, 3.05) is 0 Å². The molecule has 0 aliphatic heterocycles. The lowest BCUT2D eigenvalue weighted by atomic mass is 9.81. The quantitative estimate of drug-likeness (QED) is 0.594. The lowest BCUT2D eigenvalue weighted by Crippen LogP contribution is -2.40. The van der Waals surface area contributed by atoms with Crippen molar-refractivity contribution in [1.82, 2.24) is 0 Å². The summed E-state index contributed by atoms with van der Waals surface area (Å²) < 4.78 is 0. The first-order valence-corrected chi connectivity index (χ1v) is 4.05. The van der Waals surface area contributed by atoms with Gasteiger partial charge in [-0.1, -0.05) is 6.92 Å². The van der Waals surface area contributed by atoms with Gasteiger partial charge in [0.05, 0.1) is 5.60 Å². The van der Waals surface area contributed by atoms with Gasteiger partial charge in [0.25, 0.3) is 0 Å². The second-order valence-electron chi connectivity index (χ2n) is 3.09. The number of hydrogen-bond donors (Lipinski definition) is 3. The minimum atomic E-state index is -1.38. The molecule has 4 heteroatoms. The van der Waals surface area contributed by atoms with Crippen molar-refractivity contribution in [3.05, 3.63) is 24.0 Å². The average molecular weight is 184 g/mol. The standard InChI is InChI=1S/C9H12O4/c1-2-9(13)4-3-6(10)5-7(9)8(11)12/h3-5,7,10,13H,2H2,1H3,(H,11,12). The summed E-state index contributed by atoms with van der Waals surface area (Å²) >= 11 is 0. The number of carboxylic acid groups (broad SMARTS) is 1. The van der Waals surface area contributed by atoms with Gasteiger partial charge in [-0.25, -0.2) is 0 Å². The van der Waals surface area contributed by atoms with Crippen LogP contribution < -0.4 is 0 Å². The third kappa shape index (κ3) is 1.72. The minimum absolute atomic E-state index is 0.120. The fourth-order valence-electron chi connectivity index (χ4n) is 1.33. The van der Waals surface area contributed by atoms with Gasteiger partial charge >= 0.3 is 5.97 Å². The van der Waals surface area contributed by atoms with Crippen molar-refractivity contribution in [2.24, 2.45) is 5.92 Å². The van der Waals surface area contributed by atoms with E-state index in [1.807, 2.05) is 0 Å². The zero-order valence-corrected chi connectivity index (χ0v) is 7.27. The zero-order chi connectivity index (χ0) is 10.1. The summed E-state index contributed by atoms with van der Waals surface area (Å²) in [4.78, 5) is 10.7. The van der Waals surface area contributed by atoms with E-state index in [4.69, 9.17) is 10.2 Å². The molecule has 0 aromatic carbocycles. The molecule has 2 unspecified atom stereocenters. The van der Waals surface area contributed by atoms with Crippen molar-refractivity contribution < 1.29 is 20.1 Å². The lowest BCUT2D eigenvalue weighted by Gasteiger charge is -2.30. The molecule has 2 atom stereocenters. The second-order valence-corrected chi connectivity index (χ2v) is 3.09. The number of rotatable bonds is 2. The normalized spacial score (nSPS) is 32.8. The van der Waals surface area contributed by atoms with Crippen LogP contribution in [0.5, 0.6) is 0 Å². The van der Waals surface area contributed by atoms with Crippen molar-refractivity contribution >= 4 is 5.97 Å². The molecule has 0 radical (unpaired) electrons. The van der Waals surface area contributed by atoms with Crippen molar-refractivity contribution in [3.8, 4) is 0 Å². The number of aliphatic hydroxyl groups excluding tert-OH is 1. The number of carbonyl (C=O) groups is 1. The van der Waals surface area contributed by atoms with Crippen molar-refractivity contribution in [1.29, 1.82) is 0 Å². The predicted octanol–water partition coefficient (Wildman–Crippen LogP) is 0.840. The van der Waals surface area contributed by atoms with Gasteiger partial charge in [-0.15, -0.1) is 0 Å². The topological polar surface area (TPSA) is 77.8 Å². The van der Waals surface area contributed by atoms with Crippen LogP contribution in [0.25, 0.3) is 0 Å². The van der Waals surface area contributed by atoms with Crippen LogP contribution in [0.2, 0.25) is 0 Å². The smallest absolute Gasteiger partial charge is 0.313 e. The largest absolute Gasteiger partial charge is 0.508 e.